The van der Waals surface area contributed by atoms with Crippen molar-refractivity contribution >= 4 is 12.4 Å². The fourth-order valence-electron chi connectivity index (χ4n) is 2.73. The summed E-state index contributed by atoms with van der Waals surface area (Å²) in [5.41, 5.74) is 5.32. The van der Waals surface area contributed by atoms with E-state index in [1.165, 1.54) is 42.0 Å². The molecule has 3 rings (SSSR count). The fourth-order valence-corrected chi connectivity index (χ4v) is 2.73. The first-order valence-electron chi connectivity index (χ1n) is 6.87. The first-order chi connectivity index (χ1) is 9.31. The van der Waals surface area contributed by atoms with E-state index in [4.69, 9.17) is 0 Å². The van der Waals surface area contributed by atoms with Gasteiger partial charge in [0, 0.05) is 13.1 Å². The lowest BCUT2D eigenvalue weighted by atomic mass is 10.1. The molecular formula is C17H19ClFN. The zero-order valence-electron chi connectivity index (χ0n) is 11.4. The number of benzene rings is 2. The maximum Gasteiger partial charge on any atom is 0.123 e. The predicted molar refractivity (Wildman–Crippen MR) is 82.7 cm³/mol. The van der Waals surface area contributed by atoms with Crippen molar-refractivity contribution in [2.45, 2.75) is 32.4 Å². The number of hydrogen-bond acceptors (Lipinski definition) is 1. The molecule has 1 aliphatic carbocycles. The van der Waals surface area contributed by atoms with Crippen LogP contribution >= 0.6 is 12.4 Å². The van der Waals surface area contributed by atoms with Crippen LogP contribution in [0.3, 0.4) is 0 Å². The molecule has 0 heterocycles. The molecule has 0 fully saturated rings. The van der Waals surface area contributed by atoms with Crippen molar-refractivity contribution in [2.24, 2.45) is 0 Å². The minimum atomic E-state index is -0.170. The summed E-state index contributed by atoms with van der Waals surface area (Å²) in [7, 11) is 0. The predicted octanol–water partition coefficient (Wildman–Crippen LogP) is 4.03. The normalized spacial score (nSPS) is 12.8. The largest absolute Gasteiger partial charge is 0.309 e. The molecule has 20 heavy (non-hydrogen) atoms. The van der Waals surface area contributed by atoms with Gasteiger partial charge in [-0.1, -0.05) is 30.3 Å². The molecule has 0 aliphatic heterocycles. The number of aryl methyl sites for hydroxylation is 2. The van der Waals surface area contributed by atoms with Crippen LogP contribution in [0.4, 0.5) is 4.39 Å². The summed E-state index contributed by atoms with van der Waals surface area (Å²) in [4.78, 5) is 0. The van der Waals surface area contributed by atoms with Crippen LogP contribution in [-0.2, 0) is 25.9 Å². The number of fused-ring (bicyclic) bond motifs is 1. The average Bonchev–Trinajstić information content (AvgIpc) is 2.86. The van der Waals surface area contributed by atoms with Gasteiger partial charge >= 0.3 is 0 Å². The lowest BCUT2D eigenvalue weighted by molar-refractivity contribution is 0.620. The van der Waals surface area contributed by atoms with Crippen LogP contribution in [0.5, 0.6) is 0 Å². The van der Waals surface area contributed by atoms with E-state index in [1.807, 2.05) is 6.07 Å². The van der Waals surface area contributed by atoms with Gasteiger partial charge in [0.25, 0.3) is 0 Å². The zero-order valence-corrected chi connectivity index (χ0v) is 12.2. The average molecular weight is 292 g/mol. The minimum Gasteiger partial charge on any atom is -0.309 e. The summed E-state index contributed by atoms with van der Waals surface area (Å²) in [5.74, 6) is -0.170. The highest BCUT2D eigenvalue weighted by molar-refractivity contribution is 5.85. The van der Waals surface area contributed by atoms with Crippen molar-refractivity contribution < 1.29 is 4.39 Å². The van der Waals surface area contributed by atoms with Crippen molar-refractivity contribution in [3.63, 3.8) is 0 Å². The molecule has 0 atom stereocenters. The van der Waals surface area contributed by atoms with E-state index in [2.05, 4.69) is 23.5 Å². The van der Waals surface area contributed by atoms with Gasteiger partial charge < -0.3 is 5.32 Å². The van der Waals surface area contributed by atoms with Crippen LogP contribution in [0.25, 0.3) is 0 Å². The Hall–Kier alpha value is -1.38. The Kier molecular flexibility index (Phi) is 5.16. The van der Waals surface area contributed by atoms with Crippen LogP contribution in [0, 0.1) is 5.82 Å². The summed E-state index contributed by atoms with van der Waals surface area (Å²) in [5, 5.41) is 3.37. The molecule has 2 aromatic rings. The van der Waals surface area contributed by atoms with Crippen molar-refractivity contribution in [3.8, 4) is 0 Å². The molecule has 0 amide bonds. The summed E-state index contributed by atoms with van der Waals surface area (Å²) < 4.78 is 13.0. The third kappa shape index (κ3) is 3.59. The molecule has 1 N–H and O–H groups in total. The van der Waals surface area contributed by atoms with Gasteiger partial charge in [-0.05, 0) is 53.6 Å². The summed E-state index contributed by atoms with van der Waals surface area (Å²) >= 11 is 0. The highest BCUT2D eigenvalue weighted by Crippen LogP contribution is 2.22. The van der Waals surface area contributed by atoms with Gasteiger partial charge in [0.15, 0.2) is 0 Å². The zero-order chi connectivity index (χ0) is 13.1. The van der Waals surface area contributed by atoms with Gasteiger partial charge in [-0.15, -0.1) is 12.4 Å². The molecule has 3 heteroatoms. The van der Waals surface area contributed by atoms with Crippen LogP contribution in [0.2, 0.25) is 0 Å². The van der Waals surface area contributed by atoms with E-state index in [0.29, 0.717) is 6.54 Å². The molecule has 0 radical (unpaired) electrons. The molecule has 2 aromatic carbocycles. The second kappa shape index (κ2) is 6.87. The van der Waals surface area contributed by atoms with Gasteiger partial charge in [0.1, 0.15) is 5.82 Å². The second-order valence-electron chi connectivity index (χ2n) is 5.19. The first-order valence-corrected chi connectivity index (χ1v) is 6.87. The summed E-state index contributed by atoms with van der Waals surface area (Å²) in [6, 6.07) is 13.5. The number of nitrogens with one attached hydrogen (secondary N) is 1. The van der Waals surface area contributed by atoms with Gasteiger partial charge in [-0.2, -0.15) is 0 Å². The topological polar surface area (TPSA) is 12.0 Å². The SMILES string of the molecule is Cl.Fc1cccc(CNCc2ccc3c(c2)CCC3)c1. The third-order valence-electron chi connectivity index (χ3n) is 3.71. The molecule has 0 spiro atoms. The fraction of sp³-hybridized carbons (Fsp3) is 0.294. The Morgan fingerprint density at radius 1 is 0.900 bits per heavy atom. The Labute approximate surface area is 125 Å². The molecule has 0 saturated heterocycles. The monoisotopic (exact) mass is 291 g/mol. The Balaban J connectivity index is 0.00000147. The van der Waals surface area contributed by atoms with Crippen LogP contribution in [0.15, 0.2) is 42.5 Å². The maximum absolute atomic E-state index is 13.0. The third-order valence-corrected chi connectivity index (χ3v) is 3.71. The van der Waals surface area contributed by atoms with E-state index < -0.39 is 0 Å². The molecular weight excluding hydrogens is 273 g/mol. The first kappa shape index (κ1) is 15.0. The van der Waals surface area contributed by atoms with Crippen LogP contribution in [0.1, 0.15) is 28.7 Å². The summed E-state index contributed by atoms with van der Waals surface area (Å²) in [6.45, 7) is 1.54. The van der Waals surface area contributed by atoms with Crippen molar-refractivity contribution in [1.29, 1.82) is 0 Å². The van der Waals surface area contributed by atoms with E-state index >= 15 is 0 Å². The van der Waals surface area contributed by atoms with Gasteiger partial charge in [0.05, 0.1) is 0 Å². The number of hydrogen-bond donors (Lipinski definition) is 1. The lowest BCUT2D eigenvalue weighted by Crippen LogP contribution is -2.12. The minimum absolute atomic E-state index is 0. The molecule has 1 aliphatic rings. The standard InChI is InChI=1S/C17H18FN.ClH/c18-17-6-1-3-13(10-17)11-19-12-14-7-8-15-4-2-5-16(15)9-14;/h1,3,6-10,19H,2,4-5,11-12H2;1H. The van der Waals surface area contributed by atoms with Crippen molar-refractivity contribution in [2.75, 3.05) is 0 Å². The Morgan fingerprint density at radius 3 is 2.45 bits per heavy atom. The highest BCUT2D eigenvalue weighted by Gasteiger charge is 2.10. The quantitative estimate of drug-likeness (QED) is 0.897. The van der Waals surface area contributed by atoms with Crippen LogP contribution < -0.4 is 5.32 Å². The smallest absolute Gasteiger partial charge is 0.123 e. The summed E-state index contributed by atoms with van der Waals surface area (Å²) in [6.07, 6.45) is 3.73. The van der Waals surface area contributed by atoms with Gasteiger partial charge in [-0.25, -0.2) is 4.39 Å². The maximum atomic E-state index is 13.0. The molecule has 0 unspecified atom stereocenters. The van der Waals surface area contributed by atoms with Crippen molar-refractivity contribution in [3.05, 3.63) is 70.5 Å². The highest BCUT2D eigenvalue weighted by atomic mass is 35.5. The van der Waals surface area contributed by atoms with Gasteiger partial charge in [0.2, 0.25) is 0 Å². The molecule has 0 saturated carbocycles. The number of rotatable bonds is 4. The van der Waals surface area contributed by atoms with E-state index in [0.717, 1.165) is 12.1 Å². The number of halogens is 2. The Bertz CT molecular complexity index is 583. The molecule has 0 bridgehead atoms. The van der Waals surface area contributed by atoms with E-state index in [-0.39, 0.29) is 18.2 Å². The van der Waals surface area contributed by atoms with E-state index in [1.54, 1.807) is 12.1 Å². The van der Waals surface area contributed by atoms with Gasteiger partial charge in [-0.3, -0.25) is 0 Å². The molecule has 106 valence electrons. The Morgan fingerprint density at radius 2 is 1.65 bits per heavy atom. The van der Waals surface area contributed by atoms with Crippen LogP contribution in [-0.4, -0.2) is 0 Å². The second-order valence-corrected chi connectivity index (χ2v) is 5.19. The van der Waals surface area contributed by atoms with Crippen molar-refractivity contribution in [1.82, 2.24) is 5.32 Å². The molecule has 0 aromatic heterocycles. The lowest BCUT2D eigenvalue weighted by Gasteiger charge is -2.07. The van der Waals surface area contributed by atoms with E-state index in [9.17, 15) is 4.39 Å². The molecule has 1 nitrogen and oxygen atoms in total.